The molecular formula is C76H70BN3OS. The van der Waals surface area contributed by atoms with Gasteiger partial charge in [-0.15, -0.1) is 11.3 Å². The van der Waals surface area contributed by atoms with Crippen LogP contribution in [0, 0.1) is 0 Å². The van der Waals surface area contributed by atoms with E-state index < -0.39 is 0 Å². The molecule has 0 saturated heterocycles. The Morgan fingerprint density at radius 1 is 0.415 bits per heavy atom. The fourth-order valence-corrected chi connectivity index (χ4v) is 18.7. The van der Waals surface area contributed by atoms with Crippen molar-refractivity contribution < 1.29 is 4.42 Å². The second-order valence-electron chi connectivity index (χ2n) is 28.1. The quantitative estimate of drug-likeness (QED) is 0.165. The Kier molecular flexibility index (Phi) is 9.68. The minimum Gasteiger partial charge on any atom is -0.454 e. The summed E-state index contributed by atoms with van der Waals surface area (Å²) in [6, 6.07) is 66.5. The third-order valence-electron chi connectivity index (χ3n) is 22.3. The van der Waals surface area contributed by atoms with Gasteiger partial charge in [-0.3, -0.25) is 0 Å². The average Bonchev–Trinajstić information content (AvgIpc) is 1.58. The van der Waals surface area contributed by atoms with Crippen LogP contribution in [-0.4, -0.2) is 12.3 Å². The third-order valence-corrected chi connectivity index (χ3v) is 23.4. The van der Waals surface area contributed by atoms with E-state index in [1.165, 1.54) is 128 Å². The van der Waals surface area contributed by atoms with E-state index >= 15 is 0 Å². The zero-order valence-corrected chi connectivity index (χ0v) is 50.0. The second-order valence-corrected chi connectivity index (χ2v) is 29.2. The van der Waals surface area contributed by atoms with Gasteiger partial charge in [0.15, 0.2) is 5.58 Å². The van der Waals surface area contributed by atoms with Crippen LogP contribution in [0.5, 0.6) is 0 Å². The van der Waals surface area contributed by atoms with Gasteiger partial charge in [0.05, 0.1) is 16.9 Å². The molecule has 6 heteroatoms. The highest BCUT2D eigenvalue weighted by Crippen LogP contribution is 2.63. The normalized spacial score (nSPS) is 21.9. The van der Waals surface area contributed by atoms with E-state index in [1.54, 1.807) is 0 Å². The predicted molar refractivity (Wildman–Crippen MR) is 349 cm³/mol. The number of rotatable bonds is 3. The smallest absolute Gasteiger partial charge is 0.252 e. The van der Waals surface area contributed by atoms with Crippen molar-refractivity contribution in [2.75, 3.05) is 14.7 Å². The molecule has 1 fully saturated rings. The number of furan rings is 1. The third kappa shape index (κ3) is 6.14. The second kappa shape index (κ2) is 16.2. The van der Waals surface area contributed by atoms with Crippen LogP contribution in [0.15, 0.2) is 174 Å². The monoisotopic (exact) mass is 1080 g/mol. The lowest BCUT2D eigenvalue weighted by Gasteiger charge is -2.51. The molecule has 0 spiro atoms. The van der Waals surface area contributed by atoms with Crippen LogP contribution in [0.3, 0.4) is 0 Å². The van der Waals surface area contributed by atoms with Gasteiger partial charge < -0.3 is 19.1 Å². The van der Waals surface area contributed by atoms with E-state index in [0.29, 0.717) is 0 Å². The maximum absolute atomic E-state index is 7.23. The van der Waals surface area contributed by atoms with Crippen LogP contribution in [0.2, 0.25) is 0 Å². The maximum atomic E-state index is 7.23. The molecule has 1 saturated carbocycles. The first kappa shape index (κ1) is 49.1. The molecule has 0 amide bonds. The Labute approximate surface area is 487 Å². The highest BCUT2D eigenvalue weighted by molar-refractivity contribution is 7.26. The van der Waals surface area contributed by atoms with Crippen molar-refractivity contribution in [2.45, 2.75) is 140 Å². The fraction of sp³-hybridized carbons (Fsp3) is 0.289. The lowest BCUT2D eigenvalue weighted by atomic mass is 9.32. The molecule has 6 aliphatic rings. The van der Waals surface area contributed by atoms with E-state index in [9.17, 15) is 0 Å². The van der Waals surface area contributed by atoms with Crippen molar-refractivity contribution in [3.63, 3.8) is 0 Å². The summed E-state index contributed by atoms with van der Waals surface area (Å²) in [6.45, 7) is 25.0. The summed E-state index contributed by atoms with van der Waals surface area (Å²) in [5, 5.41) is 4.90. The summed E-state index contributed by atoms with van der Waals surface area (Å²) >= 11 is 1.91. The molecule has 4 nitrogen and oxygen atoms in total. The number of thiophene rings is 1. The number of para-hydroxylation sites is 3. The zero-order valence-electron chi connectivity index (χ0n) is 49.1. The van der Waals surface area contributed by atoms with Crippen LogP contribution in [-0.2, 0) is 27.1 Å². The van der Waals surface area contributed by atoms with E-state index in [1.807, 2.05) is 11.3 Å². The van der Waals surface area contributed by atoms with Gasteiger partial charge >= 0.3 is 0 Å². The van der Waals surface area contributed by atoms with Gasteiger partial charge in [0.1, 0.15) is 5.58 Å². The van der Waals surface area contributed by atoms with Gasteiger partial charge in [0, 0.05) is 81.3 Å². The highest BCUT2D eigenvalue weighted by atomic mass is 32.1. The average molecular weight is 1080 g/mol. The van der Waals surface area contributed by atoms with Gasteiger partial charge in [-0.2, -0.15) is 0 Å². The molecule has 9 aromatic carbocycles. The van der Waals surface area contributed by atoms with Crippen LogP contribution in [0.1, 0.15) is 147 Å². The van der Waals surface area contributed by atoms with Crippen molar-refractivity contribution >= 4 is 122 Å². The number of benzene rings is 9. The zero-order chi connectivity index (χ0) is 55.8. The van der Waals surface area contributed by atoms with Crippen molar-refractivity contribution in [3.05, 3.63) is 209 Å². The standard InChI is InChI=1S/C76H70BN3OS/c1-71(2)37-38-72(3,4)53-43-61-56(41-52(53)71)77-57-42-54-55(74(7,8)50-27-14-13-26-49(50)73(54,5)6)44-62(57)78(59-30-22-34-67-68(59)48-24-12-18-33-66(48)82-67)63-39-45(80-58-29-16-15-28-51(58)75(9)35-19-20-36-76(75,80)10)40-64(69(63)77)79(61)60-31-21-25-47-46-23-11-17-32-65(46)81-70(47)60/h11-18,21-34,39-44H,19-20,35-38H2,1-10H3. The Morgan fingerprint density at radius 2 is 0.939 bits per heavy atom. The van der Waals surface area contributed by atoms with Gasteiger partial charge in [0.25, 0.3) is 6.71 Å². The first-order valence-corrected chi connectivity index (χ1v) is 31.2. The number of hydrogen-bond acceptors (Lipinski definition) is 5. The number of fused-ring (bicyclic) bond motifs is 16. The lowest BCUT2D eigenvalue weighted by molar-refractivity contribution is 0.195. The Morgan fingerprint density at radius 3 is 1.67 bits per heavy atom. The Bertz CT molecular complexity index is 4630. The molecule has 5 heterocycles. The van der Waals surface area contributed by atoms with Crippen LogP contribution < -0.4 is 31.1 Å². The Hall–Kier alpha value is -7.54. The van der Waals surface area contributed by atoms with Gasteiger partial charge in [-0.1, -0.05) is 184 Å². The summed E-state index contributed by atoms with van der Waals surface area (Å²) < 4.78 is 9.84. The minimum atomic E-state index is -0.267. The minimum absolute atomic E-state index is 0.0214. The van der Waals surface area contributed by atoms with Crippen molar-refractivity contribution in [1.82, 2.24) is 0 Å². The molecule has 0 N–H and O–H groups in total. The van der Waals surface area contributed by atoms with E-state index in [2.05, 4.69) is 254 Å². The predicted octanol–water partition coefficient (Wildman–Crippen LogP) is 19.1. The summed E-state index contributed by atoms with van der Waals surface area (Å²) in [5.41, 5.74) is 25.1. The number of anilines is 8. The molecule has 3 aliphatic carbocycles. The molecule has 17 rings (SSSR count). The molecular weight excluding hydrogens is 1010 g/mol. The molecule has 3 aliphatic heterocycles. The Balaban J connectivity index is 1.07. The summed E-state index contributed by atoms with van der Waals surface area (Å²) in [7, 11) is 0. The molecule has 404 valence electrons. The van der Waals surface area contributed by atoms with E-state index in [0.717, 1.165) is 53.3 Å². The largest absolute Gasteiger partial charge is 0.454 e. The molecule has 2 atom stereocenters. The lowest BCUT2D eigenvalue weighted by Crippen LogP contribution is -2.62. The molecule has 2 aromatic heterocycles. The van der Waals surface area contributed by atoms with Gasteiger partial charge in [0.2, 0.25) is 0 Å². The molecule has 2 unspecified atom stereocenters. The van der Waals surface area contributed by atoms with Crippen molar-refractivity contribution in [3.8, 4) is 0 Å². The molecule has 0 radical (unpaired) electrons. The number of hydrogen-bond donors (Lipinski definition) is 0. The maximum Gasteiger partial charge on any atom is 0.252 e. The van der Waals surface area contributed by atoms with Crippen molar-refractivity contribution in [1.29, 1.82) is 0 Å². The van der Waals surface area contributed by atoms with E-state index in [-0.39, 0.29) is 39.3 Å². The topological polar surface area (TPSA) is 22.9 Å². The summed E-state index contributed by atoms with van der Waals surface area (Å²) in [6.07, 6.45) is 6.98. The summed E-state index contributed by atoms with van der Waals surface area (Å²) in [4.78, 5) is 8.28. The van der Waals surface area contributed by atoms with E-state index in [4.69, 9.17) is 4.42 Å². The van der Waals surface area contributed by atoms with Crippen molar-refractivity contribution in [2.24, 2.45) is 0 Å². The molecule has 11 aromatic rings. The SMILES string of the molecule is CC1(C)CCC(C)(C)c2cc3c(cc21)B1c2cc4c(cc2N(c2cccc5sc6ccccc6c25)c2cc(N5c6ccccc6C6(C)CCCCC56C)cc(c21)N3c1cccc2c1oc1ccccc12)C(C)(C)c1ccccc1C4(C)C. The summed E-state index contributed by atoms with van der Waals surface area (Å²) in [5.74, 6) is 0. The van der Waals surface area contributed by atoms with Crippen LogP contribution in [0.25, 0.3) is 42.1 Å². The first-order valence-electron chi connectivity index (χ1n) is 30.4. The fourth-order valence-electron chi connectivity index (χ4n) is 17.6. The number of nitrogens with zero attached hydrogens (tertiary/aromatic N) is 3. The highest BCUT2D eigenvalue weighted by Gasteiger charge is 2.58. The first-order chi connectivity index (χ1) is 39.4. The molecule has 82 heavy (non-hydrogen) atoms. The molecule has 0 bridgehead atoms. The van der Waals surface area contributed by atoms with Gasteiger partial charge in [-0.25, -0.2) is 0 Å². The van der Waals surface area contributed by atoms with Crippen LogP contribution in [0.4, 0.5) is 45.5 Å². The van der Waals surface area contributed by atoms with Crippen LogP contribution >= 0.6 is 11.3 Å². The van der Waals surface area contributed by atoms with Gasteiger partial charge in [-0.05, 0) is 159 Å².